The van der Waals surface area contributed by atoms with Crippen molar-refractivity contribution in [2.24, 2.45) is 5.41 Å². The van der Waals surface area contributed by atoms with Gasteiger partial charge in [-0.15, -0.1) is 0 Å². The maximum absolute atomic E-state index is 12.9. The molecule has 2 aromatic rings. The molecule has 3 fully saturated rings. The summed E-state index contributed by atoms with van der Waals surface area (Å²) in [5.41, 5.74) is 3.54. The van der Waals surface area contributed by atoms with Gasteiger partial charge in [0.2, 0.25) is 11.8 Å². The van der Waals surface area contributed by atoms with Crippen molar-refractivity contribution < 1.29 is 19.2 Å². The number of benzene rings is 1. The highest BCUT2D eigenvalue weighted by Crippen LogP contribution is 2.43. The number of piperidine rings is 2. The molecule has 1 aromatic carbocycles. The molecule has 9 heteroatoms. The van der Waals surface area contributed by atoms with Crippen molar-refractivity contribution in [3.63, 3.8) is 0 Å². The molecule has 0 aliphatic carbocycles. The van der Waals surface area contributed by atoms with E-state index in [-0.39, 0.29) is 35.5 Å². The molecule has 2 N–H and O–H groups in total. The van der Waals surface area contributed by atoms with Crippen molar-refractivity contribution in [2.45, 2.75) is 38.3 Å². The van der Waals surface area contributed by atoms with Crippen LogP contribution in [0, 0.1) is 5.41 Å². The first-order valence-electron chi connectivity index (χ1n) is 11.9. The van der Waals surface area contributed by atoms with Crippen LogP contribution < -0.4 is 10.2 Å². The van der Waals surface area contributed by atoms with Gasteiger partial charge >= 0.3 is 0 Å². The molecule has 176 valence electrons. The van der Waals surface area contributed by atoms with E-state index in [0.29, 0.717) is 24.2 Å². The predicted molar refractivity (Wildman–Crippen MR) is 123 cm³/mol. The Bertz CT molecular complexity index is 1170. The van der Waals surface area contributed by atoms with E-state index in [9.17, 15) is 19.2 Å². The Hall–Kier alpha value is -3.62. The molecular formula is C25H27N5O4. The van der Waals surface area contributed by atoms with E-state index in [1.807, 2.05) is 29.2 Å². The fraction of sp³-hybridized carbons (Fsp3) is 0.440. The van der Waals surface area contributed by atoms with Gasteiger partial charge in [-0.25, -0.2) is 0 Å². The summed E-state index contributed by atoms with van der Waals surface area (Å²) in [6, 6.07) is 8.99. The highest BCUT2D eigenvalue weighted by atomic mass is 16.2. The van der Waals surface area contributed by atoms with Crippen LogP contribution in [0.4, 0.5) is 5.69 Å². The van der Waals surface area contributed by atoms with Crippen molar-refractivity contribution >= 4 is 29.3 Å². The predicted octanol–water partition coefficient (Wildman–Crippen LogP) is 1.52. The molecule has 0 bridgehead atoms. The SMILES string of the molecule is O=C1CCC(N2Cc3cc(N4CC5(CCN(C(=O)c6ccc[nH]6)CC5)C4)ccc3C2=O)C(=O)N1. The zero-order valence-electron chi connectivity index (χ0n) is 18.9. The molecule has 1 spiro atoms. The summed E-state index contributed by atoms with van der Waals surface area (Å²) < 4.78 is 0. The van der Waals surface area contributed by atoms with Gasteiger partial charge in [-0.1, -0.05) is 0 Å². The van der Waals surface area contributed by atoms with E-state index >= 15 is 0 Å². The molecule has 34 heavy (non-hydrogen) atoms. The monoisotopic (exact) mass is 461 g/mol. The number of aromatic nitrogens is 1. The third kappa shape index (κ3) is 3.38. The maximum atomic E-state index is 12.9. The lowest BCUT2D eigenvalue weighted by Gasteiger charge is -2.55. The van der Waals surface area contributed by atoms with Crippen molar-refractivity contribution in [1.82, 2.24) is 20.1 Å². The van der Waals surface area contributed by atoms with Gasteiger partial charge in [-0.3, -0.25) is 24.5 Å². The van der Waals surface area contributed by atoms with Crippen LogP contribution in [0.15, 0.2) is 36.5 Å². The lowest BCUT2D eigenvalue weighted by atomic mass is 9.71. The number of nitrogens with one attached hydrogen (secondary N) is 2. The highest BCUT2D eigenvalue weighted by Gasteiger charge is 2.46. The molecule has 4 amide bonds. The van der Waals surface area contributed by atoms with Crippen molar-refractivity contribution in [2.75, 3.05) is 31.1 Å². The quantitative estimate of drug-likeness (QED) is 0.675. The van der Waals surface area contributed by atoms with Gasteiger partial charge in [-0.2, -0.15) is 0 Å². The molecule has 0 saturated carbocycles. The number of carbonyl (C=O) groups excluding carboxylic acids is 4. The molecule has 1 aromatic heterocycles. The molecule has 6 rings (SSSR count). The first kappa shape index (κ1) is 20.9. The molecule has 4 aliphatic heterocycles. The molecule has 5 heterocycles. The van der Waals surface area contributed by atoms with Crippen LogP contribution in [0.1, 0.15) is 52.1 Å². The van der Waals surface area contributed by atoms with Crippen LogP contribution in [-0.2, 0) is 16.1 Å². The van der Waals surface area contributed by atoms with Crippen molar-refractivity contribution in [1.29, 1.82) is 0 Å². The number of nitrogens with zero attached hydrogens (tertiary/aromatic N) is 3. The normalized spacial score (nSPS) is 23.7. The van der Waals surface area contributed by atoms with Crippen LogP contribution in [-0.4, -0.2) is 70.6 Å². The minimum absolute atomic E-state index is 0.0693. The standard InChI is InChI=1S/C25H27N5O4/c31-21-6-5-20(22(32)27-21)30-13-16-12-17(3-4-18(16)23(30)33)29-14-25(15-29)7-10-28(11-8-25)24(34)19-2-1-9-26-19/h1-4,9,12,20,26H,5-8,10-11,13-15H2,(H,27,31,32). The summed E-state index contributed by atoms with van der Waals surface area (Å²) in [5.74, 6) is -0.738. The van der Waals surface area contributed by atoms with Crippen LogP contribution in [0.5, 0.6) is 0 Å². The van der Waals surface area contributed by atoms with Crippen LogP contribution in [0.3, 0.4) is 0 Å². The molecule has 4 aliphatic rings. The summed E-state index contributed by atoms with van der Waals surface area (Å²) in [4.78, 5) is 58.1. The molecule has 9 nitrogen and oxygen atoms in total. The topological polar surface area (TPSA) is 106 Å². The van der Waals surface area contributed by atoms with Gasteiger partial charge in [-0.05, 0) is 55.2 Å². The van der Waals surface area contributed by atoms with Crippen molar-refractivity contribution in [3.05, 3.63) is 53.3 Å². The first-order chi connectivity index (χ1) is 16.4. The molecule has 0 radical (unpaired) electrons. The Balaban J connectivity index is 1.08. The van der Waals surface area contributed by atoms with Gasteiger partial charge in [0.05, 0.1) is 0 Å². The van der Waals surface area contributed by atoms with E-state index in [1.165, 1.54) is 0 Å². The molecular weight excluding hydrogens is 434 g/mol. The number of H-pyrrole nitrogens is 1. The van der Waals surface area contributed by atoms with Gasteiger partial charge in [0, 0.05) is 62.0 Å². The summed E-state index contributed by atoms with van der Waals surface area (Å²) in [6.45, 7) is 3.82. The average Bonchev–Trinajstić information content (AvgIpc) is 3.46. The molecule has 1 unspecified atom stereocenters. The number of amides is 4. The minimum atomic E-state index is -0.591. The summed E-state index contributed by atoms with van der Waals surface area (Å²) >= 11 is 0. The number of rotatable bonds is 3. The third-order valence-electron chi connectivity index (χ3n) is 7.86. The van der Waals surface area contributed by atoms with Crippen molar-refractivity contribution in [3.8, 4) is 0 Å². The zero-order chi connectivity index (χ0) is 23.4. The fourth-order valence-electron chi connectivity index (χ4n) is 5.84. The number of imide groups is 1. The Kier molecular flexibility index (Phi) is 4.75. The Labute approximate surface area is 197 Å². The van der Waals surface area contributed by atoms with E-state index in [4.69, 9.17) is 0 Å². The lowest BCUT2D eigenvalue weighted by Crippen LogP contribution is -2.61. The minimum Gasteiger partial charge on any atom is -0.370 e. The first-order valence-corrected chi connectivity index (χ1v) is 11.9. The number of anilines is 1. The molecule has 3 saturated heterocycles. The Morgan fingerprint density at radius 1 is 1.06 bits per heavy atom. The number of hydrogen-bond acceptors (Lipinski definition) is 5. The van der Waals surface area contributed by atoms with Gasteiger partial charge in [0.1, 0.15) is 11.7 Å². The third-order valence-corrected chi connectivity index (χ3v) is 7.86. The van der Waals surface area contributed by atoms with E-state index in [2.05, 4.69) is 21.3 Å². The lowest BCUT2D eigenvalue weighted by molar-refractivity contribution is -0.136. The van der Waals surface area contributed by atoms with Gasteiger partial charge in [0.15, 0.2) is 0 Å². The van der Waals surface area contributed by atoms with Gasteiger partial charge in [0.25, 0.3) is 11.8 Å². The molecule has 1 atom stereocenters. The summed E-state index contributed by atoms with van der Waals surface area (Å²) in [7, 11) is 0. The van der Waals surface area contributed by atoms with Crippen LogP contribution in [0.2, 0.25) is 0 Å². The van der Waals surface area contributed by atoms with Gasteiger partial charge < -0.3 is 19.7 Å². The smallest absolute Gasteiger partial charge is 0.270 e. The van der Waals surface area contributed by atoms with E-state index in [0.717, 1.165) is 50.3 Å². The zero-order valence-corrected chi connectivity index (χ0v) is 18.9. The fourth-order valence-corrected chi connectivity index (χ4v) is 5.84. The summed E-state index contributed by atoms with van der Waals surface area (Å²) in [6.07, 6.45) is 4.38. The Morgan fingerprint density at radius 2 is 1.85 bits per heavy atom. The number of likely N-dealkylation sites (tertiary alicyclic amines) is 1. The maximum Gasteiger partial charge on any atom is 0.270 e. The average molecular weight is 462 g/mol. The van der Waals surface area contributed by atoms with Crippen LogP contribution >= 0.6 is 0 Å². The summed E-state index contributed by atoms with van der Waals surface area (Å²) in [5, 5.41) is 2.35. The van der Waals surface area contributed by atoms with E-state index in [1.54, 1.807) is 11.1 Å². The number of aromatic amines is 1. The second kappa shape index (κ2) is 7.72. The highest BCUT2D eigenvalue weighted by molar-refractivity contribution is 6.05. The number of fused-ring (bicyclic) bond motifs is 1. The number of carbonyl (C=O) groups is 4. The Morgan fingerprint density at radius 3 is 2.56 bits per heavy atom. The number of hydrogen-bond donors (Lipinski definition) is 2. The van der Waals surface area contributed by atoms with Crippen LogP contribution in [0.25, 0.3) is 0 Å². The van der Waals surface area contributed by atoms with E-state index < -0.39 is 6.04 Å². The largest absolute Gasteiger partial charge is 0.370 e. The second-order valence-corrected chi connectivity index (χ2v) is 9.97. The second-order valence-electron chi connectivity index (χ2n) is 9.97.